The van der Waals surface area contributed by atoms with Gasteiger partial charge in [-0.1, -0.05) is 18.2 Å². The van der Waals surface area contributed by atoms with Crippen molar-refractivity contribution in [3.63, 3.8) is 0 Å². The van der Waals surface area contributed by atoms with Crippen molar-refractivity contribution in [3.8, 4) is 0 Å². The number of H-pyrrole nitrogens is 1. The number of rotatable bonds is 4. The van der Waals surface area contributed by atoms with Crippen LogP contribution in [0.25, 0.3) is 10.9 Å². The first-order valence-corrected chi connectivity index (χ1v) is 9.42. The molecule has 2 N–H and O–H groups in total. The lowest BCUT2D eigenvalue weighted by Gasteiger charge is -2.19. The zero-order valence-corrected chi connectivity index (χ0v) is 17.2. The van der Waals surface area contributed by atoms with Gasteiger partial charge < -0.3 is 14.5 Å². The lowest BCUT2D eigenvalue weighted by atomic mass is 10.2. The van der Waals surface area contributed by atoms with Gasteiger partial charge in [-0.05, 0) is 58.0 Å². The Bertz CT molecular complexity index is 1150. The number of fused-ring (bicyclic) bond motifs is 1. The van der Waals surface area contributed by atoms with E-state index < -0.39 is 23.8 Å². The molecule has 0 saturated carbocycles. The molecule has 0 bridgehead atoms. The minimum Gasteiger partial charge on any atom is -0.451 e. The molecule has 0 saturated heterocycles. The fourth-order valence-corrected chi connectivity index (χ4v) is 2.73. The van der Waals surface area contributed by atoms with Gasteiger partial charge in [0.15, 0.2) is 11.9 Å². The molecule has 156 valence electrons. The number of aromatic nitrogens is 2. The summed E-state index contributed by atoms with van der Waals surface area (Å²) in [4.78, 5) is 43.7. The number of hydrogen-bond acceptors (Lipinski definition) is 6. The van der Waals surface area contributed by atoms with Crippen LogP contribution in [0.5, 0.6) is 0 Å². The van der Waals surface area contributed by atoms with Gasteiger partial charge in [0.25, 0.3) is 5.56 Å². The Labute approximate surface area is 173 Å². The molecule has 0 aliphatic carbocycles. The van der Waals surface area contributed by atoms with E-state index in [4.69, 9.17) is 9.47 Å². The van der Waals surface area contributed by atoms with E-state index in [9.17, 15) is 14.4 Å². The number of esters is 1. The second kappa shape index (κ2) is 8.36. The number of carbonyl (C=O) groups excluding carboxylic acids is 2. The van der Waals surface area contributed by atoms with E-state index in [0.717, 1.165) is 0 Å². The summed E-state index contributed by atoms with van der Waals surface area (Å²) in [6, 6.07) is 13.2. The SMILES string of the molecule is CC(OC(=O)c1cccc(NC(=O)OC(C)(C)C)c1)c1nc2ccccc2c(=O)[nH]1. The van der Waals surface area contributed by atoms with Gasteiger partial charge in [0.05, 0.1) is 16.5 Å². The Hall–Kier alpha value is -3.68. The fourth-order valence-electron chi connectivity index (χ4n) is 2.73. The van der Waals surface area contributed by atoms with Crippen LogP contribution in [0, 0.1) is 0 Å². The molecular formula is C22H23N3O5. The van der Waals surface area contributed by atoms with Crippen molar-refractivity contribution in [3.05, 3.63) is 70.3 Å². The molecule has 1 amide bonds. The van der Waals surface area contributed by atoms with Crippen LogP contribution in [-0.4, -0.2) is 27.6 Å². The van der Waals surface area contributed by atoms with Crippen molar-refractivity contribution < 1.29 is 19.1 Å². The Morgan fingerprint density at radius 2 is 1.83 bits per heavy atom. The van der Waals surface area contributed by atoms with Gasteiger partial charge in [-0.3, -0.25) is 10.1 Å². The summed E-state index contributed by atoms with van der Waals surface area (Å²) < 4.78 is 10.7. The van der Waals surface area contributed by atoms with Gasteiger partial charge in [-0.2, -0.15) is 0 Å². The van der Waals surface area contributed by atoms with Gasteiger partial charge in [0.2, 0.25) is 0 Å². The summed E-state index contributed by atoms with van der Waals surface area (Å²) in [7, 11) is 0. The molecule has 1 aromatic heterocycles. The second-order valence-electron chi connectivity index (χ2n) is 7.72. The van der Waals surface area contributed by atoms with Crippen molar-refractivity contribution >= 4 is 28.7 Å². The van der Waals surface area contributed by atoms with E-state index in [0.29, 0.717) is 16.6 Å². The predicted octanol–water partition coefficient (Wildman–Crippen LogP) is 4.19. The average molecular weight is 409 g/mol. The summed E-state index contributed by atoms with van der Waals surface area (Å²) in [5.74, 6) is -0.374. The number of para-hydroxylation sites is 1. The first-order chi connectivity index (χ1) is 14.1. The zero-order chi connectivity index (χ0) is 21.9. The molecular weight excluding hydrogens is 386 g/mol. The lowest BCUT2D eigenvalue weighted by molar-refractivity contribution is 0.0319. The normalized spacial score (nSPS) is 12.3. The lowest BCUT2D eigenvalue weighted by Crippen LogP contribution is -2.27. The van der Waals surface area contributed by atoms with Crippen molar-refractivity contribution in [2.45, 2.75) is 39.4 Å². The number of carbonyl (C=O) groups is 2. The van der Waals surface area contributed by atoms with E-state index in [2.05, 4.69) is 15.3 Å². The van der Waals surface area contributed by atoms with Crippen LogP contribution < -0.4 is 10.9 Å². The highest BCUT2D eigenvalue weighted by molar-refractivity contribution is 5.92. The zero-order valence-electron chi connectivity index (χ0n) is 17.2. The molecule has 3 aromatic rings. The topological polar surface area (TPSA) is 110 Å². The van der Waals surface area contributed by atoms with Gasteiger partial charge in [-0.25, -0.2) is 14.6 Å². The highest BCUT2D eigenvalue weighted by atomic mass is 16.6. The maximum absolute atomic E-state index is 12.6. The molecule has 0 spiro atoms. The molecule has 1 heterocycles. The standard InChI is InChI=1S/C22H23N3O5/c1-13(18-24-17-11-6-5-10-16(17)19(26)25-18)29-20(27)14-8-7-9-15(12-14)23-21(28)30-22(2,3)4/h5-13H,1-4H3,(H,23,28)(H,24,25,26). The molecule has 30 heavy (non-hydrogen) atoms. The van der Waals surface area contributed by atoms with Crippen molar-refractivity contribution in [1.82, 2.24) is 9.97 Å². The quantitative estimate of drug-likeness (QED) is 0.625. The Kier molecular flexibility index (Phi) is 5.86. The van der Waals surface area contributed by atoms with Crippen molar-refractivity contribution in [2.24, 2.45) is 0 Å². The third-order valence-electron chi connectivity index (χ3n) is 4.04. The maximum atomic E-state index is 12.6. The van der Waals surface area contributed by atoms with E-state index >= 15 is 0 Å². The predicted molar refractivity (Wildman–Crippen MR) is 112 cm³/mol. The highest BCUT2D eigenvalue weighted by Crippen LogP contribution is 2.19. The molecule has 8 heteroatoms. The number of nitrogens with zero attached hydrogens (tertiary/aromatic N) is 1. The summed E-state index contributed by atoms with van der Waals surface area (Å²) in [5, 5.41) is 3.04. The molecule has 1 unspecified atom stereocenters. The first kappa shape index (κ1) is 21.0. The van der Waals surface area contributed by atoms with Gasteiger partial charge in [-0.15, -0.1) is 0 Å². The van der Waals surface area contributed by atoms with Gasteiger partial charge in [0, 0.05) is 5.69 Å². The molecule has 3 rings (SSSR count). The minimum atomic E-state index is -0.780. The van der Waals surface area contributed by atoms with Crippen LogP contribution >= 0.6 is 0 Å². The smallest absolute Gasteiger partial charge is 0.412 e. The first-order valence-electron chi connectivity index (χ1n) is 9.42. The monoisotopic (exact) mass is 409 g/mol. The molecule has 8 nitrogen and oxygen atoms in total. The van der Waals surface area contributed by atoms with Crippen molar-refractivity contribution in [2.75, 3.05) is 5.32 Å². The molecule has 0 aliphatic heterocycles. The van der Waals surface area contributed by atoms with Gasteiger partial charge in [0.1, 0.15) is 5.60 Å². The van der Waals surface area contributed by atoms with Crippen LogP contribution in [0.2, 0.25) is 0 Å². The minimum absolute atomic E-state index is 0.235. The number of nitrogens with one attached hydrogen (secondary N) is 2. The number of aromatic amines is 1. The number of benzene rings is 2. The average Bonchev–Trinajstić information content (AvgIpc) is 2.66. The van der Waals surface area contributed by atoms with E-state index in [-0.39, 0.29) is 16.9 Å². The Morgan fingerprint density at radius 1 is 1.10 bits per heavy atom. The number of ether oxygens (including phenoxy) is 2. The van der Waals surface area contributed by atoms with E-state index in [1.54, 1.807) is 70.2 Å². The van der Waals surface area contributed by atoms with Crippen LogP contribution in [0.4, 0.5) is 10.5 Å². The number of anilines is 1. The number of hydrogen-bond donors (Lipinski definition) is 2. The molecule has 0 fully saturated rings. The number of amides is 1. The molecule has 0 radical (unpaired) electrons. The van der Waals surface area contributed by atoms with Crippen LogP contribution in [0.15, 0.2) is 53.3 Å². The molecule has 0 aliphatic rings. The second-order valence-corrected chi connectivity index (χ2v) is 7.72. The van der Waals surface area contributed by atoms with Gasteiger partial charge >= 0.3 is 12.1 Å². The molecule has 2 aromatic carbocycles. The summed E-state index contributed by atoms with van der Waals surface area (Å²) in [5.41, 5.74) is 0.201. The molecule has 1 atom stereocenters. The summed E-state index contributed by atoms with van der Waals surface area (Å²) in [6.45, 7) is 6.89. The summed E-state index contributed by atoms with van der Waals surface area (Å²) >= 11 is 0. The fraction of sp³-hybridized carbons (Fsp3) is 0.273. The van der Waals surface area contributed by atoms with Crippen LogP contribution in [-0.2, 0) is 9.47 Å². The maximum Gasteiger partial charge on any atom is 0.412 e. The largest absolute Gasteiger partial charge is 0.451 e. The highest BCUT2D eigenvalue weighted by Gasteiger charge is 2.19. The van der Waals surface area contributed by atoms with Crippen molar-refractivity contribution in [1.29, 1.82) is 0 Å². The van der Waals surface area contributed by atoms with E-state index in [1.165, 1.54) is 6.07 Å². The summed E-state index contributed by atoms with van der Waals surface area (Å²) in [6.07, 6.45) is -1.41. The van der Waals surface area contributed by atoms with E-state index in [1.807, 2.05) is 0 Å². The van der Waals surface area contributed by atoms with Crippen LogP contribution in [0.3, 0.4) is 0 Å². The Morgan fingerprint density at radius 3 is 2.57 bits per heavy atom. The third kappa shape index (κ3) is 5.22. The third-order valence-corrected chi connectivity index (χ3v) is 4.04. The van der Waals surface area contributed by atoms with Crippen LogP contribution in [0.1, 0.15) is 50.0 Å². The Balaban J connectivity index is 1.73.